The zero-order valence-corrected chi connectivity index (χ0v) is 9.66. The third kappa shape index (κ3) is 2.30. The molecular weight excluding hydrogens is 222 g/mol. The summed E-state index contributed by atoms with van der Waals surface area (Å²) >= 11 is 0. The molecular formula is C11H15N3O3. The lowest BCUT2D eigenvalue weighted by atomic mass is 9.87. The van der Waals surface area contributed by atoms with Gasteiger partial charge in [0.1, 0.15) is 5.82 Å². The van der Waals surface area contributed by atoms with Gasteiger partial charge >= 0.3 is 11.7 Å². The first-order valence-corrected chi connectivity index (χ1v) is 5.66. The van der Waals surface area contributed by atoms with Gasteiger partial charge in [0.2, 0.25) is 0 Å². The van der Waals surface area contributed by atoms with Crippen LogP contribution >= 0.6 is 0 Å². The summed E-state index contributed by atoms with van der Waals surface area (Å²) in [4.78, 5) is 29.1. The molecule has 0 bridgehead atoms. The van der Waals surface area contributed by atoms with Gasteiger partial charge in [0, 0.05) is 11.3 Å². The van der Waals surface area contributed by atoms with Gasteiger partial charge in [0.05, 0.1) is 12.5 Å². The third-order valence-electron chi connectivity index (χ3n) is 2.97. The number of H-pyrrole nitrogens is 1. The summed E-state index contributed by atoms with van der Waals surface area (Å²) < 4.78 is 4.99. The van der Waals surface area contributed by atoms with E-state index in [-0.39, 0.29) is 17.7 Å². The molecule has 6 nitrogen and oxygen atoms in total. The lowest BCUT2D eigenvalue weighted by Gasteiger charge is -2.23. The SMILES string of the molecule is CCOC(=O)C1CCc2[nH]c(=O)nc(N)c2C1. The Balaban J connectivity index is 2.24. The van der Waals surface area contributed by atoms with Crippen LogP contribution in [0.1, 0.15) is 24.6 Å². The van der Waals surface area contributed by atoms with Crippen LogP contribution in [0.5, 0.6) is 0 Å². The number of nitrogens with one attached hydrogen (secondary N) is 1. The van der Waals surface area contributed by atoms with Crippen LogP contribution in [-0.4, -0.2) is 22.5 Å². The second kappa shape index (κ2) is 4.57. The van der Waals surface area contributed by atoms with Gasteiger partial charge in [0.25, 0.3) is 0 Å². The van der Waals surface area contributed by atoms with Crippen molar-refractivity contribution in [1.82, 2.24) is 9.97 Å². The van der Waals surface area contributed by atoms with Crippen LogP contribution in [0.3, 0.4) is 0 Å². The van der Waals surface area contributed by atoms with E-state index in [0.717, 1.165) is 11.3 Å². The van der Waals surface area contributed by atoms with Gasteiger partial charge in [0.15, 0.2) is 0 Å². The van der Waals surface area contributed by atoms with E-state index >= 15 is 0 Å². The summed E-state index contributed by atoms with van der Waals surface area (Å²) in [6, 6.07) is 0. The molecule has 0 radical (unpaired) electrons. The number of hydrogen-bond donors (Lipinski definition) is 2. The summed E-state index contributed by atoms with van der Waals surface area (Å²) in [7, 11) is 0. The number of carbonyl (C=O) groups excluding carboxylic acids is 1. The lowest BCUT2D eigenvalue weighted by Crippen LogP contribution is -2.29. The summed E-state index contributed by atoms with van der Waals surface area (Å²) in [5.41, 5.74) is 6.83. The van der Waals surface area contributed by atoms with Crippen LogP contribution in [0.4, 0.5) is 5.82 Å². The second-order valence-corrected chi connectivity index (χ2v) is 4.08. The normalized spacial score (nSPS) is 18.5. The molecule has 1 aromatic rings. The molecule has 1 atom stereocenters. The van der Waals surface area contributed by atoms with Crippen LogP contribution in [0.2, 0.25) is 0 Å². The Labute approximate surface area is 98.2 Å². The molecule has 0 spiro atoms. The predicted octanol–water partition coefficient (Wildman–Crippen LogP) is 0.0201. The first kappa shape index (κ1) is 11.6. The fourth-order valence-electron chi connectivity index (χ4n) is 2.13. The summed E-state index contributed by atoms with van der Waals surface area (Å²) in [6.45, 7) is 2.16. The quantitative estimate of drug-likeness (QED) is 0.706. The summed E-state index contributed by atoms with van der Waals surface area (Å²) in [5.74, 6) is -0.168. The largest absolute Gasteiger partial charge is 0.466 e. The van der Waals surface area contributed by atoms with Crippen LogP contribution < -0.4 is 11.4 Å². The lowest BCUT2D eigenvalue weighted by molar-refractivity contribution is -0.148. The Morgan fingerprint density at radius 1 is 1.65 bits per heavy atom. The van der Waals surface area contributed by atoms with Crippen molar-refractivity contribution < 1.29 is 9.53 Å². The van der Waals surface area contributed by atoms with Crippen molar-refractivity contribution in [2.75, 3.05) is 12.3 Å². The van der Waals surface area contributed by atoms with Crippen molar-refractivity contribution in [2.24, 2.45) is 5.92 Å². The average Bonchev–Trinajstić information content (AvgIpc) is 2.28. The van der Waals surface area contributed by atoms with E-state index in [2.05, 4.69) is 9.97 Å². The number of aromatic amines is 1. The van der Waals surface area contributed by atoms with Crippen LogP contribution in [0.25, 0.3) is 0 Å². The molecule has 1 unspecified atom stereocenters. The highest BCUT2D eigenvalue weighted by atomic mass is 16.5. The van der Waals surface area contributed by atoms with E-state index in [9.17, 15) is 9.59 Å². The van der Waals surface area contributed by atoms with E-state index in [4.69, 9.17) is 10.5 Å². The van der Waals surface area contributed by atoms with Crippen LogP contribution in [0.15, 0.2) is 4.79 Å². The van der Waals surface area contributed by atoms with E-state index in [0.29, 0.717) is 25.9 Å². The number of rotatable bonds is 2. The number of aromatic nitrogens is 2. The van der Waals surface area contributed by atoms with Gasteiger partial charge in [-0.2, -0.15) is 4.98 Å². The minimum Gasteiger partial charge on any atom is -0.466 e. The fraction of sp³-hybridized carbons (Fsp3) is 0.545. The molecule has 2 rings (SSSR count). The number of ether oxygens (including phenoxy) is 1. The molecule has 3 N–H and O–H groups in total. The number of anilines is 1. The Morgan fingerprint density at radius 2 is 2.41 bits per heavy atom. The van der Waals surface area contributed by atoms with Gasteiger partial charge in [-0.05, 0) is 26.2 Å². The van der Waals surface area contributed by atoms with Gasteiger partial charge in [-0.15, -0.1) is 0 Å². The number of fused-ring (bicyclic) bond motifs is 1. The number of aryl methyl sites for hydroxylation is 1. The molecule has 6 heteroatoms. The highest BCUT2D eigenvalue weighted by molar-refractivity contribution is 5.73. The number of nitrogen functional groups attached to an aromatic ring is 1. The number of nitrogens with zero attached hydrogens (tertiary/aromatic N) is 1. The van der Waals surface area contributed by atoms with Gasteiger partial charge < -0.3 is 15.5 Å². The first-order chi connectivity index (χ1) is 8.11. The number of hydrogen-bond acceptors (Lipinski definition) is 5. The fourth-order valence-corrected chi connectivity index (χ4v) is 2.13. The van der Waals surface area contributed by atoms with E-state index in [1.165, 1.54) is 0 Å². The van der Waals surface area contributed by atoms with E-state index < -0.39 is 5.69 Å². The first-order valence-electron chi connectivity index (χ1n) is 5.66. The maximum Gasteiger partial charge on any atom is 0.347 e. The van der Waals surface area contributed by atoms with Gasteiger partial charge in [-0.1, -0.05) is 0 Å². The average molecular weight is 237 g/mol. The van der Waals surface area contributed by atoms with Crippen molar-refractivity contribution in [2.45, 2.75) is 26.2 Å². The smallest absolute Gasteiger partial charge is 0.347 e. The molecule has 1 heterocycles. The zero-order valence-electron chi connectivity index (χ0n) is 9.66. The zero-order chi connectivity index (χ0) is 12.4. The molecule has 1 aliphatic rings. The summed E-state index contributed by atoms with van der Waals surface area (Å²) in [6.07, 6.45) is 1.79. The second-order valence-electron chi connectivity index (χ2n) is 4.08. The molecule has 0 saturated carbocycles. The topological polar surface area (TPSA) is 98.1 Å². The number of esters is 1. The summed E-state index contributed by atoms with van der Waals surface area (Å²) in [5, 5.41) is 0. The molecule has 0 saturated heterocycles. The Kier molecular flexibility index (Phi) is 3.12. The Hall–Kier alpha value is -1.85. The van der Waals surface area contributed by atoms with Crippen molar-refractivity contribution in [1.29, 1.82) is 0 Å². The third-order valence-corrected chi connectivity index (χ3v) is 2.97. The molecule has 1 aromatic heterocycles. The van der Waals surface area contributed by atoms with Crippen molar-refractivity contribution in [3.8, 4) is 0 Å². The van der Waals surface area contributed by atoms with E-state index in [1.807, 2.05) is 0 Å². The standard InChI is InChI=1S/C11H15N3O3/c1-2-17-10(15)6-3-4-8-7(5-6)9(12)14-11(16)13-8/h6H,2-5H2,1H3,(H3,12,13,14,16). The molecule has 0 aromatic carbocycles. The molecule has 17 heavy (non-hydrogen) atoms. The Morgan fingerprint density at radius 3 is 3.12 bits per heavy atom. The predicted molar refractivity (Wildman–Crippen MR) is 61.4 cm³/mol. The maximum atomic E-state index is 11.6. The van der Waals surface area contributed by atoms with Crippen molar-refractivity contribution >= 4 is 11.8 Å². The van der Waals surface area contributed by atoms with Crippen molar-refractivity contribution in [3.63, 3.8) is 0 Å². The van der Waals surface area contributed by atoms with Gasteiger partial charge in [-0.25, -0.2) is 4.79 Å². The monoisotopic (exact) mass is 237 g/mol. The highest BCUT2D eigenvalue weighted by Gasteiger charge is 2.28. The van der Waals surface area contributed by atoms with Crippen LogP contribution in [-0.2, 0) is 22.4 Å². The minimum absolute atomic E-state index is 0.183. The molecule has 92 valence electrons. The molecule has 1 aliphatic carbocycles. The van der Waals surface area contributed by atoms with Crippen LogP contribution in [0, 0.1) is 5.92 Å². The maximum absolute atomic E-state index is 11.6. The van der Waals surface area contributed by atoms with Gasteiger partial charge in [-0.3, -0.25) is 4.79 Å². The van der Waals surface area contributed by atoms with E-state index in [1.54, 1.807) is 6.92 Å². The molecule has 0 amide bonds. The molecule has 0 aliphatic heterocycles. The number of nitrogens with two attached hydrogens (primary N) is 1. The molecule has 0 fully saturated rings. The van der Waals surface area contributed by atoms with Crippen molar-refractivity contribution in [3.05, 3.63) is 21.7 Å². The highest BCUT2D eigenvalue weighted by Crippen LogP contribution is 2.26. The minimum atomic E-state index is -0.434. The number of carbonyl (C=O) groups is 1. The Bertz CT molecular complexity index is 495.